The molecule has 0 saturated carbocycles. The largest absolute Gasteiger partial charge is 0.439 e. The van der Waals surface area contributed by atoms with Crippen molar-refractivity contribution in [1.82, 2.24) is 4.98 Å². The lowest BCUT2D eigenvalue weighted by molar-refractivity contribution is 0.459. The molecule has 0 bridgehead atoms. The summed E-state index contributed by atoms with van der Waals surface area (Å²) in [5.74, 6) is 0.656. The van der Waals surface area contributed by atoms with Crippen LogP contribution >= 0.6 is 15.9 Å². The maximum absolute atomic E-state index is 13.1. The standard InChI is InChI=1S/C13H12BrFN2O/c1-8-9(7-16)2-5-13(17-8)18-10-3-4-12(15)11(14)6-10/h2-6H,7,16H2,1H3. The highest BCUT2D eigenvalue weighted by atomic mass is 79.9. The first-order valence-electron chi connectivity index (χ1n) is 5.39. The maximum Gasteiger partial charge on any atom is 0.219 e. The summed E-state index contributed by atoms with van der Waals surface area (Å²) < 4.78 is 19.0. The van der Waals surface area contributed by atoms with E-state index >= 15 is 0 Å². The molecular formula is C13H12BrFN2O. The number of nitrogens with zero attached hydrogens (tertiary/aromatic N) is 1. The molecule has 3 nitrogen and oxygen atoms in total. The van der Waals surface area contributed by atoms with Crippen LogP contribution in [0.3, 0.4) is 0 Å². The van der Waals surface area contributed by atoms with Crippen molar-refractivity contribution in [2.45, 2.75) is 13.5 Å². The highest BCUT2D eigenvalue weighted by Crippen LogP contribution is 2.25. The van der Waals surface area contributed by atoms with Crippen molar-refractivity contribution in [2.75, 3.05) is 0 Å². The summed E-state index contributed by atoms with van der Waals surface area (Å²) in [5.41, 5.74) is 7.37. The number of aromatic nitrogens is 1. The number of halogens is 2. The summed E-state index contributed by atoms with van der Waals surface area (Å²) >= 11 is 3.10. The van der Waals surface area contributed by atoms with Gasteiger partial charge in [0.2, 0.25) is 5.88 Å². The highest BCUT2D eigenvalue weighted by Gasteiger charge is 2.05. The fourth-order valence-electron chi connectivity index (χ4n) is 1.50. The summed E-state index contributed by atoms with van der Waals surface area (Å²) in [6, 6.07) is 8.06. The van der Waals surface area contributed by atoms with E-state index in [4.69, 9.17) is 10.5 Å². The molecule has 94 valence electrons. The van der Waals surface area contributed by atoms with Gasteiger partial charge in [0.25, 0.3) is 0 Å². The van der Waals surface area contributed by atoms with Crippen molar-refractivity contribution >= 4 is 15.9 Å². The SMILES string of the molecule is Cc1nc(Oc2ccc(F)c(Br)c2)ccc1CN. The quantitative estimate of drug-likeness (QED) is 0.943. The molecule has 0 saturated heterocycles. The van der Waals surface area contributed by atoms with Gasteiger partial charge >= 0.3 is 0 Å². The topological polar surface area (TPSA) is 48.1 Å². The molecule has 5 heteroatoms. The second kappa shape index (κ2) is 5.46. The van der Waals surface area contributed by atoms with Gasteiger partial charge in [0.05, 0.1) is 4.47 Å². The molecule has 0 unspecified atom stereocenters. The van der Waals surface area contributed by atoms with E-state index in [0.717, 1.165) is 11.3 Å². The number of pyridine rings is 1. The average molecular weight is 311 g/mol. The minimum absolute atomic E-state index is 0.329. The minimum atomic E-state index is -0.329. The first kappa shape index (κ1) is 13.0. The van der Waals surface area contributed by atoms with Crippen molar-refractivity contribution in [3.8, 4) is 11.6 Å². The molecule has 1 aromatic heterocycles. The molecule has 1 aromatic carbocycles. The van der Waals surface area contributed by atoms with Crippen LogP contribution in [0.15, 0.2) is 34.8 Å². The zero-order valence-corrected chi connectivity index (χ0v) is 11.4. The average Bonchev–Trinajstić information content (AvgIpc) is 2.34. The Balaban J connectivity index is 2.23. The van der Waals surface area contributed by atoms with Crippen LogP contribution in [0.5, 0.6) is 11.6 Å². The van der Waals surface area contributed by atoms with Crippen molar-refractivity contribution in [3.63, 3.8) is 0 Å². The van der Waals surface area contributed by atoms with Crippen LogP contribution in [0, 0.1) is 12.7 Å². The molecule has 2 N–H and O–H groups in total. The van der Waals surface area contributed by atoms with Gasteiger partial charge in [0, 0.05) is 18.3 Å². The van der Waals surface area contributed by atoms with Gasteiger partial charge in [0.1, 0.15) is 11.6 Å². The van der Waals surface area contributed by atoms with Crippen molar-refractivity contribution in [3.05, 3.63) is 51.9 Å². The lowest BCUT2D eigenvalue weighted by atomic mass is 10.2. The Morgan fingerprint density at radius 3 is 2.72 bits per heavy atom. The first-order valence-corrected chi connectivity index (χ1v) is 6.19. The molecule has 0 fully saturated rings. The molecule has 0 aliphatic rings. The summed E-state index contributed by atoms with van der Waals surface area (Å²) in [7, 11) is 0. The molecule has 0 spiro atoms. The molecule has 1 heterocycles. The van der Waals surface area contributed by atoms with E-state index in [2.05, 4.69) is 20.9 Å². The third-order valence-corrected chi connectivity index (χ3v) is 3.11. The van der Waals surface area contributed by atoms with Crippen LogP contribution in [0.2, 0.25) is 0 Å². The number of hydrogen-bond acceptors (Lipinski definition) is 3. The number of aryl methyl sites for hydroxylation is 1. The van der Waals surface area contributed by atoms with Gasteiger partial charge in [-0.1, -0.05) is 6.07 Å². The van der Waals surface area contributed by atoms with E-state index in [-0.39, 0.29) is 5.82 Å². The van der Waals surface area contributed by atoms with Gasteiger partial charge in [-0.25, -0.2) is 9.37 Å². The molecule has 2 rings (SSSR count). The van der Waals surface area contributed by atoms with E-state index in [9.17, 15) is 4.39 Å². The Morgan fingerprint density at radius 2 is 2.11 bits per heavy atom. The van der Waals surface area contributed by atoms with E-state index < -0.39 is 0 Å². The van der Waals surface area contributed by atoms with Crippen LogP contribution in [-0.2, 0) is 6.54 Å². The van der Waals surface area contributed by atoms with Gasteiger partial charge in [-0.15, -0.1) is 0 Å². The van der Waals surface area contributed by atoms with Crippen LogP contribution in [0.4, 0.5) is 4.39 Å². The predicted molar refractivity (Wildman–Crippen MR) is 71.0 cm³/mol. The molecule has 0 amide bonds. The van der Waals surface area contributed by atoms with E-state index in [1.165, 1.54) is 6.07 Å². The first-order chi connectivity index (χ1) is 8.60. The molecule has 0 aliphatic heterocycles. The van der Waals surface area contributed by atoms with Crippen molar-refractivity contribution in [2.24, 2.45) is 5.73 Å². The number of hydrogen-bond donors (Lipinski definition) is 1. The Morgan fingerprint density at radius 1 is 1.33 bits per heavy atom. The van der Waals surface area contributed by atoms with E-state index in [1.54, 1.807) is 18.2 Å². The fourth-order valence-corrected chi connectivity index (χ4v) is 1.86. The second-order valence-corrected chi connectivity index (χ2v) is 4.63. The van der Waals surface area contributed by atoms with Crippen molar-refractivity contribution in [1.29, 1.82) is 0 Å². The molecule has 0 aliphatic carbocycles. The number of benzene rings is 1. The Hall–Kier alpha value is -1.46. The highest BCUT2D eigenvalue weighted by molar-refractivity contribution is 9.10. The van der Waals surface area contributed by atoms with Crippen LogP contribution in [0.1, 0.15) is 11.3 Å². The summed E-state index contributed by atoms with van der Waals surface area (Å²) in [6.45, 7) is 2.32. The van der Waals surface area contributed by atoms with Crippen LogP contribution in [-0.4, -0.2) is 4.98 Å². The molecule has 0 atom stereocenters. The maximum atomic E-state index is 13.1. The number of rotatable bonds is 3. The summed E-state index contributed by atoms with van der Waals surface area (Å²) in [5, 5.41) is 0. The lowest BCUT2D eigenvalue weighted by Gasteiger charge is -2.08. The van der Waals surface area contributed by atoms with E-state index in [1.807, 2.05) is 13.0 Å². The Labute approximate surface area is 113 Å². The van der Waals surface area contributed by atoms with Gasteiger partial charge in [0.15, 0.2) is 0 Å². The summed E-state index contributed by atoms with van der Waals surface area (Å²) in [4.78, 5) is 4.28. The third kappa shape index (κ3) is 2.86. The zero-order chi connectivity index (χ0) is 13.1. The van der Waals surface area contributed by atoms with Gasteiger partial charge in [-0.2, -0.15) is 0 Å². The molecule has 0 radical (unpaired) electrons. The Kier molecular flexibility index (Phi) is 3.93. The smallest absolute Gasteiger partial charge is 0.219 e. The predicted octanol–water partition coefficient (Wildman–Crippen LogP) is 3.54. The normalized spacial score (nSPS) is 10.4. The van der Waals surface area contributed by atoms with Gasteiger partial charge < -0.3 is 10.5 Å². The minimum Gasteiger partial charge on any atom is -0.439 e. The second-order valence-electron chi connectivity index (χ2n) is 3.78. The monoisotopic (exact) mass is 310 g/mol. The van der Waals surface area contributed by atoms with Crippen molar-refractivity contribution < 1.29 is 9.13 Å². The molecular weight excluding hydrogens is 299 g/mol. The summed E-state index contributed by atoms with van der Waals surface area (Å²) in [6.07, 6.45) is 0. The van der Waals surface area contributed by atoms with Gasteiger partial charge in [-0.3, -0.25) is 0 Å². The number of ether oxygens (including phenoxy) is 1. The van der Waals surface area contributed by atoms with Crippen LogP contribution in [0.25, 0.3) is 0 Å². The molecule has 2 aromatic rings. The van der Waals surface area contributed by atoms with Gasteiger partial charge in [-0.05, 0) is 46.6 Å². The molecule has 18 heavy (non-hydrogen) atoms. The number of nitrogens with two attached hydrogens (primary N) is 1. The Bertz CT molecular complexity index is 575. The fraction of sp³-hybridized carbons (Fsp3) is 0.154. The third-order valence-electron chi connectivity index (χ3n) is 2.50. The zero-order valence-electron chi connectivity index (χ0n) is 9.78. The van der Waals surface area contributed by atoms with E-state index in [0.29, 0.717) is 22.6 Å². The van der Waals surface area contributed by atoms with Crippen LogP contribution < -0.4 is 10.5 Å². The lowest BCUT2D eigenvalue weighted by Crippen LogP contribution is -2.01.